The molecule has 74 valence electrons. The van der Waals surface area contributed by atoms with Crippen LogP contribution in [0.1, 0.15) is 20.8 Å². The number of aliphatic hydroxyl groups is 1. The molecule has 0 rings (SSSR count). The van der Waals surface area contributed by atoms with Gasteiger partial charge in [0, 0.05) is 0 Å². The van der Waals surface area contributed by atoms with E-state index in [1.165, 1.54) is 13.3 Å². The van der Waals surface area contributed by atoms with Crippen molar-refractivity contribution in [3.05, 3.63) is 0 Å². The zero-order valence-corrected chi connectivity index (χ0v) is 8.37. The minimum atomic E-state index is -0.788. The first-order chi connectivity index (χ1) is 5.16. The van der Waals surface area contributed by atoms with Gasteiger partial charge in [0.1, 0.15) is 0 Å². The van der Waals surface area contributed by atoms with Crippen molar-refractivity contribution in [2.45, 2.75) is 33.3 Å². The van der Waals surface area contributed by atoms with Crippen LogP contribution in [0.4, 0.5) is 0 Å². The molecule has 0 heterocycles. The average Bonchev–Trinajstić information content (AvgIpc) is 1.86. The van der Waals surface area contributed by atoms with E-state index >= 15 is 0 Å². The van der Waals surface area contributed by atoms with Gasteiger partial charge in [-0.2, -0.15) is 0 Å². The van der Waals surface area contributed by atoms with Crippen molar-refractivity contribution in [2.24, 2.45) is 4.99 Å². The molecule has 0 spiro atoms. The Morgan fingerprint density at radius 1 is 1.50 bits per heavy atom. The van der Waals surface area contributed by atoms with Crippen molar-refractivity contribution in [1.82, 2.24) is 0 Å². The number of rotatable bonds is 5. The molecule has 12 heavy (non-hydrogen) atoms. The molecule has 2 atom stereocenters. The third kappa shape index (κ3) is 9.68. The maximum Gasteiger partial charge on any atom is 0.171 e. The average molecular weight is 198 g/mol. The van der Waals surface area contributed by atoms with Gasteiger partial charge in [-0.25, -0.2) is 4.99 Å². The molecule has 0 bridgehead atoms. The first-order valence-electron chi connectivity index (χ1n) is 3.63. The van der Waals surface area contributed by atoms with E-state index in [-0.39, 0.29) is 18.6 Å². The van der Waals surface area contributed by atoms with Crippen LogP contribution in [0, 0.1) is 0 Å². The quantitative estimate of drug-likeness (QED) is 0.409. The van der Waals surface area contributed by atoms with Crippen molar-refractivity contribution in [3.63, 3.8) is 0 Å². The topological polar surface area (TPSA) is 51.0 Å². The van der Waals surface area contributed by atoms with E-state index in [9.17, 15) is 0 Å². The SMILES string of the molecule is CCO/C=N\C(C)OC(C)O.Cl. The number of halogens is 1. The van der Waals surface area contributed by atoms with Gasteiger partial charge in [-0.15, -0.1) is 12.4 Å². The van der Waals surface area contributed by atoms with Crippen LogP contribution in [0.5, 0.6) is 0 Å². The highest BCUT2D eigenvalue weighted by Crippen LogP contribution is 1.95. The van der Waals surface area contributed by atoms with Crippen molar-refractivity contribution in [1.29, 1.82) is 0 Å². The molecule has 4 nitrogen and oxygen atoms in total. The molecular formula is C7H16ClNO3. The lowest BCUT2D eigenvalue weighted by molar-refractivity contribution is -0.115. The fraction of sp³-hybridized carbons (Fsp3) is 0.857. The largest absolute Gasteiger partial charge is 0.484 e. The van der Waals surface area contributed by atoms with E-state index < -0.39 is 6.29 Å². The van der Waals surface area contributed by atoms with E-state index in [0.29, 0.717) is 6.61 Å². The summed E-state index contributed by atoms with van der Waals surface area (Å²) in [6.07, 6.45) is 0.179. The predicted octanol–water partition coefficient (Wildman–Crippen LogP) is 1.17. The number of ether oxygens (including phenoxy) is 2. The highest BCUT2D eigenvalue weighted by atomic mass is 35.5. The summed E-state index contributed by atoms with van der Waals surface area (Å²) in [6, 6.07) is 0. The van der Waals surface area contributed by atoms with Gasteiger partial charge in [-0.1, -0.05) is 0 Å². The van der Waals surface area contributed by atoms with Gasteiger partial charge in [0.25, 0.3) is 0 Å². The first-order valence-corrected chi connectivity index (χ1v) is 3.63. The second-order valence-corrected chi connectivity index (χ2v) is 2.04. The number of aliphatic imine (C=N–C) groups is 1. The molecule has 0 amide bonds. The molecule has 0 aliphatic heterocycles. The van der Waals surface area contributed by atoms with Crippen molar-refractivity contribution in [3.8, 4) is 0 Å². The smallest absolute Gasteiger partial charge is 0.171 e. The summed E-state index contributed by atoms with van der Waals surface area (Å²) >= 11 is 0. The monoisotopic (exact) mass is 197 g/mol. The molecule has 0 saturated carbocycles. The fourth-order valence-electron chi connectivity index (χ4n) is 0.523. The summed E-state index contributed by atoms with van der Waals surface area (Å²) in [5.74, 6) is 0. The minimum Gasteiger partial charge on any atom is -0.484 e. The Labute approximate surface area is 79.0 Å². The highest BCUT2D eigenvalue weighted by Gasteiger charge is 2.00. The van der Waals surface area contributed by atoms with Crippen molar-refractivity contribution in [2.75, 3.05) is 6.61 Å². The molecule has 0 aromatic carbocycles. The Bertz CT molecular complexity index is 119. The first kappa shape index (κ1) is 14.2. The van der Waals surface area contributed by atoms with Crippen LogP contribution >= 0.6 is 12.4 Å². The number of hydrogen-bond donors (Lipinski definition) is 1. The van der Waals surface area contributed by atoms with E-state index in [1.54, 1.807) is 6.92 Å². The normalized spacial score (nSPS) is 15.3. The molecule has 0 aliphatic carbocycles. The van der Waals surface area contributed by atoms with Crippen LogP contribution in [0.15, 0.2) is 4.99 Å². The molecule has 0 saturated heterocycles. The molecule has 0 radical (unpaired) electrons. The summed E-state index contributed by atoms with van der Waals surface area (Å²) in [5.41, 5.74) is 0. The third-order valence-electron chi connectivity index (χ3n) is 0.906. The molecule has 0 fully saturated rings. The Hall–Kier alpha value is -0.320. The Balaban J connectivity index is 0. The second-order valence-electron chi connectivity index (χ2n) is 2.04. The number of nitrogens with zero attached hydrogens (tertiary/aromatic N) is 1. The van der Waals surface area contributed by atoms with Crippen molar-refractivity contribution >= 4 is 18.8 Å². The lowest BCUT2D eigenvalue weighted by atomic mass is 10.6. The molecule has 0 aliphatic rings. The summed E-state index contributed by atoms with van der Waals surface area (Å²) in [4.78, 5) is 3.82. The maximum atomic E-state index is 8.74. The fourth-order valence-corrected chi connectivity index (χ4v) is 0.523. The zero-order chi connectivity index (χ0) is 8.69. The van der Waals surface area contributed by atoms with Crippen molar-refractivity contribution < 1.29 is 14.6 Å². The minimum absolute atomic E-state index is 0. The molecule has 1 N–H and O–H groups in total. The summed E-state index contributed by atoms with van der Waals surface area (Å²) in [5, 5.41) is 8.74. The molecular weight excluding hydrogens is 182 g/mol. The summed E-state index contributed by atoms with van der Waals surface area (Å²) < 4.78 is 9.71. The van der Waals surface area contributed by atoms with Crippen LogP contribution in [0.2, 0.25) is 0 Å². The van der Waals surface area contributed by atoms with E-state index in [0.717, 1.165) is 0 Å². The Morgan fingerprint density at radius 2 is 2.08 bits per heavy atom. The molecule has 2 unspecified atom stereocenters. The van der Waals surface area contributed by atoms with Crippen LogP contribution in [-0.4, -0.2) is 30.6 Å². The standard InChI is InChI=1S/C7H15NO3.ClH/c1-4-10-5-8-6(2)11-7(3)9;/h5-7,9H,4H2,1-3H3;1H/b8-5-;. The van der Waals surface area contributed by atoms with Gasteiger partial charge >= 0.3 is 0 Å². The van der Waals surface area contributed by atoms with Gasteiger partial charge in [0.05, 0.1) is 6.61 Å². The van der Waals surface area contributed by atoms with Crippen LogP contribution < -0.4 is 0 Å². The maximum absolute atomic E-state index is 8.74. The van der Waals surface area contributed by atoms with Gasteiger partial charge in [0.2, 0.25) is 0 Å². The van der Waals surface area contributed by atoms with E-state index in [1.807, 2.05) is 6.92 Å². The zero-order valence-electron chi connectivity index (χ0n) is 7.56. The van der Waals surface area contributed by atoms with Crippen LogP contribution in [-0.2, 0) is 9.47 Å². The van der Waals surface area contributed by atoms with Gasteiger partial charge < -0.3 is 14.6 Å². The van der Waals surface area contributed by atoms with Gasteiger partial charge in [0.15, 0.2) is 18.9 Å². The Morgan fingerprint density at radius 3 is 2.50 bits per heavy atom. The molecule has 0 aromatic heterocycles. The lowest BCUT2D eigenvalue weighted by Gasteiger charge is -2.09. The number of aliphatic hydroxyl groups excluding tert-OH is 1. The van der Waals surface area contributed by atoms with Gasteiger partial charge in [-0.05, 0) is 20.8 Å². The predicted molar refractivity (Wildman–Crippen MR) is 49.6 cm³/mol. The summed E-state index contributed by atoms with van der Waals surface area (Å²) in [7, 11) is 0. The summed E-state index contributed by atoms with van der Waals surface area (Å²) in [6.45, 7) is 5.71. The molecule has 5 heteroatoms. The lowest BCUT2D eigenvalue weighted by Crippen LogP contribution is -2.14. The van der Waals surface area contributed by atoms with Crippen LogP contribution in [0.25, 0.3) is 0 Å². The number of hydrogen-bond acceptors (Lipinski definition) is 4. The molecule has 0 aromatic rings. The van der Waals surface area contributed by atoms with Gasteiger partial charge in [-0.3, -0.25) is 0 Å². The van der Waals surface area contributed by atoms with E-state index in [2.05, 4.69) is 4.99 Å². The van der Waals surface area contributed by atoms with E-state index in [4.69, 9.17) is 14.6 Å². The second kappa shape index (κ2) is 8.77. The van der Waals surface area contributed by atoms with Crippen LogP contribution in [0.3, 0.4) is 0 Å². The highest BCUT2D eigenvalue weighted by molar-refractivity contribution is 5.85. The Kier molecular flexibility index (Phi) is 10.4. The third-order valence-corrected chi connectivity index (χ3v) is 0.906.